The van der Waals surface area contributed by atoms with Gasteiger partial charge in [-0.05, 0) is 54.4 Å². The third-order valence-electron chi connectivity index (χ3n) is 3.12. The molecule has 128 valence electrons. The summed E-state index contributed by atoms with van der Waals surface area (Å²) in [4.78, 5) is 12.6. The van der Waals surface area contributed by atoms with E-state index < -0.39 is 11.6 Å². The fraction of sp³-hybridized carbons (Fsp3) is 0.316. The number of carbonyl (C=O) groups excluding carboxylic acids is 1. The molecule has 0 unspecified atom stereocenters. The molecule has 0 atom stereocenters. The molecule has 0 amide bonds. The zero-order valence-electron chi connectivity index (χ0n) is 14.3. The smallest absolute Gasteiger partial charge is 0.346 e. The molecule has 2 rings (SSSR count). The number of hydrogen-bond donors (Lipinski definition) is 0. The Kier molecular flexibility index (Phi) is 5.89. The third-order valence-corrected chi connectivity index (χ3v) is 3.74. The highest BCUT2D eigenvalue weighted by molar-refractivity contribution is 9.10. The quantitative estimate of drug-likeness (QED) is 0.672. The molecule has 4 nitrogen and oxygen atoms in total. The van der Waals surface area contributed by atoms with Crippen LogP contribution in [0.4, 0.5) is 0 Å². The van der Waals surface area contributed by atoms with Crippen LogP contribution in [0.1, 0.15) is 36.7 Å². The lowest BCUT2D eigenvalue weighted by atomic mass is 10.1. The summed E-state index contributed by atoms with van der Waals surface area (Å²) in [5.41, 5.74) is 0.674. The summed E-state index contributed by atoms with van der Waals surface area (Å²) in [6, 6.07) is 13.3. The minimum Gasteiger partial charge on any atom is -0.495 e. The molecule has 0 N–H and O–H groups in total. The fourth-order valence-corrected chi connectivity index (χ4v) is 2.61. The predicted octanol–water partition coefficient (Wildman–Crippen LogP) is 4.99. The van der Waals surface area contributed by atoms with Crippen molar-refractivity contribution in [2.45, 2.75) is 33.0 Å². The summed E-state index contributed by atoms with van der Waals surface area (Å²) in [5.74, 6) is 0.340. The second-order valence-electron chi connectivity index (χ2n) is 6.23. The maximum atomic E-state index is 12.6. The third kappa shape index (κ3) is 4.74. The Morgan fingerprint density at radius 2 is 1.75 bits per heavy atom. The molecule has 0 aromatic heterocycles. The molecular formula is C19H21BrO4. The topological polar surface area (TPSA) is 44.8 Å². The molecule has 24 heavy (non-hydrogen) atoms. The molecule has 0 radical (unpaired) electrons. The maximum Gasteiger partial charge on any atom is 0.346 e. The Bertz CT molecular complexity index is 705. The number of carbonyl (C=O) groups is 1. The SMILES string of the molecule is COc1c(Br)ccc(OCc2ccccc2)c1C(=O)OC(C)(C)C. The van der Waals surface area contributed by atoms with Crippen molar-refractivity contribution in [1.29, 1.82) is 0 Å². The first-order valence-electron chi connectivity index (χ1n) is 7.58. The van der Waals surface area contributed by atoms with E-state index in [1.807, 2.05) is 51.1 Å². The molecule has 0 fully saturated rings. The van der Waals surface area contributed by atoms with E-state index >= 15 is 0 Å². The summed E-state index contributed by atoms with van der Waals surface area (Å²) in [6.07, 6.45) is 0. The van der Waals surface area contributed by atoms with E-state index in [0.29, 0.717) is 22.6 Å². The van der Waals surface area contributed by atoms with Gasteiger partial charge in [-0.3, -0.25) is 0 Å². The Morgan fingerprint density at radius 1 is 1.08 bits per heavy atom. The van der Waals surface area contributed by atoms with Crippen LogP contribution >= 0.6 is 15.9 Å². The predicted molar refractivity (Wildman–Crippen MR) is 96.6 cm³/mol. The molecule has 0 heterocycles. The first-order valence-corrected chi connectivity index (χ1v) is 8.37. The second-order valence-corrected chi connectivity index (χ2v) is 7.08. The van der Waals surface area contributed by atoms with Gasteiger partial charge >= 0.3 is 5.97 Å². The van der Waals surface area contributed by atoms with Crippen molar-refractivity contribution in [1.82, 2.24) is 0 Å². The number of ether oxygens (including phenoxy) is 3. The van der Waals surface area contributed by atoms with Crippen LogP contribution in [-0.2, 0) is 11.3 Å². The summed E-state index contributed by atoms with van der Waals surface area (Å²) >= 11 is 3.40. The van der Waals surface area contributed by atoms with Gasteiger partial charge in [-0.15, -0.1) is 0 Å². The Morgan fingerprint density at radius 3 is 2.33 bits per heavy atom. The number of rotatable bonds is 5. The van der Waals surface area contributed by atoms with Crippen LogP contribution in [0.25, 0.3) is 0 Å². The van der Waals surface area contributed by atoms with Crippen LogP contribution in [0, 0.1) is 0 Å². The lowest BCUT2D eigenvalue weighted by molar-refractivity contribution is 0.00621. The number of benzene rings is 2. The molecule has 0 aliphatic carbocycles. The van der Waals surface area contributed by atoms with E-state index in [1.54, 1.807) is 12.1 Å². The highest BCUT2D eigenvalue weighted by Crippen LogP contribution is 2.37. The van der Waals surface area contributed by atoms with Gasteiger partial charge in [0.25, 0.3) is 0 Å². The van der Waals surface area contributed by atoms with Gasteiger partial charge in [-0.25, -0.2) is 4.79 Å². The molecular weight excluding hydrogens is 372 g/mol. The van der Waals surface area contributed by atoms with Crippen molar-refractivity contribution in [3.8, 4) is 11.5 Å². The fourth-order valence-electron chi connectivity index (χ4n) is 2.12. The van der Waals surface area contributed by atoms with Crippen molar-refractivity contribution in [3.63, 3.8) is 0 Å². The van der Waals surface area contributed by atoms with Gasteiger partial charge in [0.1, 0.15) is 23.5 Å². The van der Waals surface area contributed by atoms with Gasteiger partial charge in [-0.1, -0.05) is 30.3 Å². The van der Waals surface area contributed by atoms with Crippen molar-refractivity contribution in [2.75, 3.05) is 7.11 Å². The van der Waals surface area contributed by atoms with Crippen molar-refractivity contribution in [2.24, 2.45) is 0 Å². The van der Waals surface area contributed by atoms with Gasteiger partial charge < -0.3 is 14.2 Å². The zero-order chi connectivity index (χ0) is 17.7. The minimum absolute atomic E-state index is 0.276. The van der Waals surface area contributed by atoms with Crippen LogP contribution in [0.5, 0.6) is 11.5 Å². The zero-order valence-corrected chi connectivity index (χ0v) is 15.8. The van der Waals surface area contributed by atoms with Gasteiger partial charge in [0.15, 0.2) is 5.75 Å². The largest absolute Gasteiger partial charge is 0.495 e. The lowest BCUT2D eigenvalue weighted by Gasteiger charge is -2.22. The van der Waals surface area contributed by atoms with Crippen LogP contribution in [0.15, 0.2) is 46.9 Å². The van der Waals surface area contributed by atoms with Gasteiger partial charge in [0, 0.05) is 0 Å². The molecule has 0 saturated heterocycles. The number of halogens is 1. The van der Waals surface area contributed by atoms with Gasteiger partial charge in [0.2, 0.25) is 0 Å². The maximum absolute atomic E-state index is 12.6. The van der Waals surface area contributed by atoms with Gasteiger partial charge in [0.05, 0.1) is 11.6 Å². The highest BCUT2D eigenvalue weighted by Gasteiger charge is 2.26. The standard InChI is InChI=1S/C19H21BrO4/c1-19(2,3)24-18(21)16-15(11-10-14(20)17(16)22-4)23-12-13-8-6-5-7-9-13/h5-11H,12H2,1-4H3. The molecule has 0 spiro atoms. The number of methoxy groups -OCH3 is 1. The number of hydrogen-bond acceptors (Lipinski definition) is 4. The normalized spacial score (nSPS) is 11.0. The molecule has 5 heteroatoms. The molecule has 2 aromatic carbocycles. The lowest BCUT2D eigenvalue weighted by Crippen LogP contribution is -2.24. The Balaban J connectivity index is 2.34. The average molecular weight is 393 g/mol. The van der Waals surface area contributed by atoms with Crippen molar-refractivity contribution < 1.29 is 19.0 Å². The van der Waals surface area contributed by atoms with E-state index in [4.69, 9.17) is 14.2 Å². The molecule has 0 aliphatic heterocycles. The first-order chi connectivity index (χ1) is 11.3. The summed E-state index contributed by atoms with van der Waals surface area (Å²) < 4.78 is 17.4. The monoisotopic (exact) mass is 392 g/mol. The van der Waals surface area contributed by atoms with Crippen LogP contribution in [0.3, 0.4) is 0 Å². The molecule has 0 aliphatic rings. The van der Waals surface area contributed by atoms with Gasteiger partial charge in [-0.2, -0.15) is 0 Å². The average Bonchev–Trinajstić information content (AvgIpc) is 2.52. The van der Waals surface area contributed by atoms with Crippen LogP contribution in [0.2, 0.25) is 0 Å². The molecule has 0 saturated carbocycles. The summed E-state index contributed by atoms with van der Waals surface area (Å²) in [5, 5.41) is 0. The van der Waals surface area contributed by atoms with E-state index in [2.05, 4.69) is 15.9 Å². The van der Waals surface area contributed by atoms with E-state index in [1.165, 1.54) is 7.11 Å². The first kappa shape index (κ1) is 18.3. The Hall–Kier alpha value is -2.01. The highest BCUT2D eigenvalue weighted by atomic mass is 79.9. The van der Waals surface area contributed by atoms with E-state index in [-0.39, 0.29) is 5.56 Å². The van der Waals surface area contributed by atoms with Crippen molar-refractivity contribution >= 4 is 21.9 Å². The minimum atomic E-state index is -0.610. The number of esters is 1. The van der Waals surface area contributed by atoms with E-state index in [0.717, 1.165) is 5.56 Å². The van der Waals surface area contributed by atoms with Crippen LogP contribution in [-0.4, -0.2) is 18.7 Å². The summed E-state index contributed by atoms with van der Waals surface area (Å²) in [6.45, 7) is 5.81. The van der Waals surface area contributed by atoms with Crippen LogP contribution < -0.4 is 9.47 Å². The van der Waals surface area contributed by atoms with E-state index in [9.17, 15) is 4.79 Å². The summed E-state index contributed by atoms with van der Waals surface area (Å²) in [7, 11) is 1.51. The molecule has 2 aromatic rings. The Labute approximate surface area is 150 Å². The van der Waals surface area contributed by atoms with Crippen molar-refractivity contribution in [3.05, 3.63) is 58.1 Å². The molecule has 0 bridgehead atoms. The second kappa shape index (κ2) is 7.71.